The molecule has 1 fully saturated rings. The summed E-state index contributed by atoms with van der Waals surface area (Å²) in [5.74, 6) is -1.32. The Hall–Kier alpha value is -5.53. The van der Waals surface area contributed by atoms with E-state index in [0.29, 0.717) is 31.1 Å². The summed E-state index contributed by atoms with van der Waals surface area (Å²) in [5.41, 5.74) is 4.60. The second-order valence-electron chi connectivity index (χ2n) is 13.6. The van der Waals surface area contributed by atoms with Crippen molar-refractivity contribution < 1.29 is 38.7 Å². The molecule has 278 valence electrons. The molecular weight excluding hydrogens is 678 g/mol. The van der Waals surface area contributed by atoms with Crippen LogP contribution in [-0.4, -0.2) is 82.0 Å². The lowest BCUT2D eigenvalue weighted by Gasteiger charge is -2.27. The minimum Gasteiger partial charge on any atom is -0.494 e. The quantitative estimate of drug-likeness (QED) is 0.0550. The van der Waals surface area contributed by atoms with E-state index in [4.69, 9.17) is 14.7 Å². The first-order valence-electron chi connectivity index (χ1n) is 18.1. The number of imide groups is 2. The van der Waals surface area contributed by atoms with Crippen molar-refractivity contribution in [1.82, 2.24) is 25.2 Å². The Morgan fingerprint density at radius 3 is 2.43 bits per heavy atom. The van der Waals surface area contributed by atoms with Gasteiger partial charge in [-0.15, -0.1) is 0 Å². The molecule has 3 aromatic carbocycles. The zero-order valence-corrected chi connectivity index (χ0v) is 29.8. The van der Waals surface area contributed by atoms with Crippen LogP contribution in [0.1, 0.15) is 88.0 Å². The maximum atomic E-state index is 13.0. The predicted octanol–water partition coefficient (Wildman–Crippen LogP) is 5.09. The van der Waals surface area contributed by atoms with Crippen molar-refractivity contribution in [3.63, 3.8) is 0 Å². The summed E-state index contributed by atoms with van der Waals surface area (Å²) in [4.78, 5) is 64.8. The SMILES string of the molecule is CN(CCCCCCCCOc1ccc2c(c1)C(=O)N(C1CCC(=O)NC1=O)C2=O)Cc1cccc(OCCn2ccc3ccc(C(=O)NO)cc32)c1. The number of amides is 5. The second kappa shape index (κ2) is 17.3. The number of nitrogens with one attached hydrogen (secondary N) is 2. The number of nitrogens with zero attached hydrogens (tertiary/aromatic N) is 3. The monoisotopic (exact) mass is 723 g/mol. The molecule has 3 N–H and O–H groups in total. The summed E-state index contributed by atoms with van der Waals surface area (Å²) in [6, 6.07) is 19.2. The normalized spacial score (nSPS) is 15.6. The van der Waals surface area contributed by atoms with Gasteiger partial charge in [0.05, 0.1) is 24.3 Å². The summed E-state index contributed by atoms with van der Waals surface area (Å²) >= 11 is 0. The zero-order valence-electron chi connectivity index (χ0n) is 29.8. The number of carbonyl (C=O) groups is 5. The van der Waals surface area contributed by atoms with E-state index in [0.717, 1.165) is 73.2 Å². The van der Waals surface area contributed by atoms with Crippen LogP contribution in [-0.2, 0) is 22.7 Å². The van der Waals surface area contributed by atoms with Crippen LogP contribution < -0.4 is 20.3 Å². The number of ether oxygens (including phenoxy) is 2. The number of hydrogen-bond acceptors (Lipinski definition) is 9. The number of aromatic nitrogens is 1. The molecule has 1 aromatic heterocycles. The van der Waals surface area contributed by atoms with E-state index in [1.54, 1.807) is 35.8 Å². The summed E-state index contributed by atoms with van der Waals surface area (Å²) in [7, 11) is 2.13. The average molecular weight is 724 g/mol. The minimum absolute atomic E-state index is 0.0817. The van der Waals surface area contributed by atoms with Crippen LogP contribution in [0.4, 0.5) is 0 Å². The van der Waals surface area contributed by atoms with E-state index >= 15 is 0 Å². The van der Waals surface area contributed by atoms with Crippen molar-refractivity contribution in [3.8, 4) is 11.5 Å². The van der Waals surface area contributed by atoms with Crippen LogP contribution in [0.25, 0.3) is 10.9 Å². The van der Waals surface area contributed by atoms with E-state index in [-0.39, 0.29) is 24.0 Å². The average Bonchev–Trinajstić information content (AvgIpc) is 3.67. The standard InChI is InChI=1S/C40H45N5O8/c1-43(26-27-9-8-10-30(23-27)53-22-20-44-19-17-28-11-12-29(24-35(28)44)37(47)42-51)18-6-4-2-3-5-7-21-52-31-13-14-32-33(25-31)40(50)45(39(32)49)34-15-16-36(46)41-38(34)48/h8-14,17,19,23-25,34,51H,2-7,15-16,18,20-22,26H2,1H3,(H,42,47)(H,41,46,48). The Kier molecular flexibility index (Phi) is 12.2. The predicted molar refractivity (Wildman–Crippen MR) is 196 cm³/mol. The molecule has 1 saturated heterocycles. The van der Waals surface area contributed by atoms with Crippen molar-refractivity contribution in [2.45, 2.75) is 70.5 Å². The molecule has 0 aliphatic carbocycles. The van der Waals surface area contributed by atoms with Crippen LogP contribution in [0, 0.1) is 0 Å². The summed E-state index contributed by atoms with van der Waals surface area (Å²) in [6.07, 6.45) is 8.54. The van der Waals surface area contributed by atoms with Gasteiger partial charge in [-0.2, -0.15) is 0 Å². The summed E-state index contributed by atoms with van der Waals surface area (Å²) in [6.45, 7) is 3.39. The molecule has 13 nitrogen and oxygen atoms in total. The minimum atomic E-state index is -0.985. The van der Waals surface area contributed by atoms with Gasteiger partial charge in [0.2, 0.25) is 11.8 Å². The van der Waals surface area contributed by atoms with Crippen molar-refractivity contribution in [2.75, 3.05) is 26.8 Å². The van der Waals surface area contributed by atoms with Crippen molar-refractivity contribution >= 4 is 40.4 Å². The first kappa shape index (κ1) is 37.2. The molecule has 0 saturated carbocycles. The maximum Gasteiger partial charge on any atom is 0.274 e. The number of piperidine rings is 1. The van der Waals surface area contributed by atoms with Crippen LogP contribution >= 0.6 is 0 Å². The molecular formula is C40H45N5O8. The van der Waals surface area contributed by atoms with E-state index < -0.39 is 35.6 Å². The molecule has 53 heavy (non-hydrogen) atoms. The van der Waals surface area contributed by atoms with Gasteiger partial charge in [0.15, 0.2) is 0 Å². The number of hydroxylamine groups is 1. The van der Waals surface area contributed by atoms with E-state index in [1.807, 2.05) is 35.0 Å². The molecule has 1 unspecified atom stereocenters. The summed E-state index contributed by atoms with van der Waals surface area (Å²) in [5, 5.41) is 12.2. The Bertz CT molecular complexity index is 1990. The van der Waals surface area contributed by atoms with E-state index in [9.17, 15) is 24.0 Å². The lowest BCUT2D eigenvalue weighted by Crippen LogP contribution is -2.54. The Morgan fingerprint density at radius 1 is 0.868 bits per heavy atom. The second-order valence-corrected chi connectivity index (χ2v) is 13.6. The van der Waals surface area contributed by atoms with Crippen LogP contribution in [0.5, 0.6) is 11.5 Å². The first-order valence-corrected chi connectivity index (χ1v) is 18.1. The van der Waals surface area contributed by atoms with Gasteiger partial charge in [-0.25, -0.2) is 5.48 Å². The van der Waals surface area contributed by atoms with E-state index in [2.05, 4.69) is 29.4 Å². The van der Waals surface area contributed by atoms with Gasteiger partial charge in [-0.05, 0) is 92.3 Å². The molecule has 2 aliphatic heterocycles. The summed E-state index contributed by atoms with van der Waals surface area (Å²) < 4.78 is 14.0. The van der Waals surface area contributed by atoms with Crippen molar-refractivity contribution in [3.05, 3.63) is 95.2 Å². The highest BCUT2D eigenvalue weighted by atomic mass is 16.5. The van der Waals surface area contributed by atoms with Gasteiger partial charge < -0.3 is 18.9 Å². The molecule has 0 radical (unpaired) electrons. The van der Waals surface area contributed by atoms with Gasteiger partial charge in [-0.3, -0.25) is 39.4 Å². The highest BCUT2D eigenvalue weighted by molar-refractivity contribution is 6.23. The topological polar surface area (TPSA) is 160 Å². The lowest BCUT2D eigenvalue weighted by molar-refractivity contribution is -0.136. The Balaban J connectivity index is 0.839. The Morgan fingerprint density at radius 2 is 1.62 bits per heavy atom. The molecule has 1 atom stereocenters. The number of benzene rings is 3. The van der Waals surface area contributed by atoms with Gasteiger partial charge in [0, 0.05) is 30.2 Å². The van der Waals surface area contributed by atoms with Crippen LogP contribution in [0.2, 0.25) is 0 Å². The van der Waals surface area contributed by atoms with Crippen molar-refractivity contribution in [2.24, 2.45) is 0 Å². The number of rotatable bonds is 18. The molecule has 6 rings (SSSR count). The fourth-order valence-electron chi connectivity index (χ4n) is 6.89. The van der Waals surface area contributed by atoms with E-state index in [1.165, 1.54) is 5.56 Å². The fourth-order valence-corrected chi connectivity index (χ4v) is 6.89. The number of carbonyl (C=O) groups excluding carboxylic acids is 5. The molecule has 0 bridgehead atoms. The first-order chi connectivity index (χ1) is 25.7. The van der Waals surface area contributed by atoms with Gasteiger partial charge in [-0.1, -0.05) is 43.9 Å². The highest BCUT2D eigenvalue weighted by Crippen LogP contribution is 2.30. The third kappa shape index (κ3) is 9.10. The highest BCUT2D eigenvalue weighted by Gasteiger charge is 2.44. The lowest BCUT2D eigenvalue weighted by atomic mass is 10.0. The van der Waals surface area contributed by atoms with Crippen molar-refractivity contribution in [1.29, 1.82) is 0 Å². The van der Waals surface area contributed by atoms with Gasteiger partial charge >= 0.3 is 0 Å². The largest absolute Gasteiger partial charge is 0.494 e. The van der Waals surface area contributed by atoms with Gasteiger partial charge in [0.1, 0.15) is 24.1 Å². The Labute approximate surface area is 307 Å². The molecule has 13 heteroatoms. The number of hydrogen-bond donors (Lipinski definition) is 3. The van der Waals surface area contributed by atoms with Gasteiger partial charge in [0.25, 0.3) is 17.7 Å². The van der Waals surface area contributed by atoms with Crippen LogP contribution in [0.3, 0.4) is 0 Å². The molecule has 2 aliphatic rings. The fraction of sp³-hybridized carbons (Fsp3) is 0.375. The van der Waals surface area contributed by atoms with Crippen LogP contribution in [0.15, 0.2) is 72.9 Å². The molecule has 5 amide bonds. The number of fused-ring (bicyclic) bond motifs is 2. The molecule has 0 spiro atoms. The third-order valence-electron chi connectivity index (χ3n) is 9.70. The third-order valence-corrected chi connectivity index (χ3v) is 9.70. The molecule has 4 aromatic rings. The maximum absolute atomic E-state index is 13.0. The zero-order chi connectivity index (χ0) is 37.3. The number of unbranched alkanes of at least 4 members (excludes halogenated alkanes) is 5. The smallest absolute Gasteiger partial charge is 0.274 e. The molecule has 3 heterocycles.